The molecule has 2 bridgehead atoms. The first-order valence-electron chi connectivity index (χ1n) is 8.88. The first kappa shape index (κ1) is 17.9. The van der Waals surface area contributed by atoms with E-state index >= 15 is 0 Å². The average molecular weight is 375 g/mol. The van der Waals surface area contributed by atoms with Crippen LogP contribution in [0.4, 0.5) is 13.2 Å². The van der Waals surface area contributed by atoms with Gasteiger partial charge >= 0.3 is 0 Å². The number of halogens is 3. The molecule has 7 heteroatoms. The molecular formula is C20H20F3N3O. The zero-order chi connectivity index (χ0) is 19.2. The van der Waals surface area contributed by atoms with Gasteiger partial charge in [0.05, 0.1) is 5.54 Å². The van der Waals surface area contributed by atoms with Crippen molar-refractivity contribution < 1.29 is 18.0 Å². The predicted octanol–water partition coefficient (Wildman–Crippen LogP) is 2.62. The van der Waals surface area contributed by atoms with E-state index in [4.69, 9.17) is 5.73 Å². The van der Waals surface area contributed by atoms with Crippen molar-refractivity contribution in [3.8, 4) is 0 Å². The molecule has 3 aliphatic heterocycles. The van der Waals surface area contributed by atoms with Crippen LogP contribution in [-0.2, 0) is 11.2 Å². The van der Waals surface area contributed by atoms with Gasteiger partial charge in [-0.05, 0) is 12.8 Å². The summed E-state index contributed by atoms with van der Waals surface area (Å²) >= 11 is 0. The molecule has 2 atom stereocenters. The summed E-state index contributed by atoms with van der Waals surface area (Å²) < 4.78 is 42.1. The molecule has 0 aromatic heterocycles. The largest absolute Gasteiger partial charge is 0.366 e. The molecule has 0 aliphatic carbocycles. The van der Waals surface area contributed by atoms with E-state index in [9.17, 15) is 18.0 Å². The van der Waals surface area contributed by atoms with Crippen LogP contribution in [0, 0.1) is 17.5 Å². The van der Waals surface area contributed by atoms with Crippen molar-refractivity contribution in [2.24, 2.45) is 5.73 Å². The molecule has 3 aliphatic rings. The smallest absolute Gasteiger partial charge is 0.246 e. The van der Waals surface area contributed by atoms with Crippen molar-refractivity contribution >= 4 is 5.91 Å². The summed E-state index contributed by atoms with van der Waals surface area (Å²) in [4.78, 5) is 15.8. The van der Waals surface area contributed by atoms with Gasteiger partial charge in [-0.3, -0.25) is 9.69 Å². The number of nitrogens with two attached hydrogens (primary N) is 1. The minimum absolute atomic E-state index is 0.0473. The fourth-order valence-corrected chi connectivity index (χ4v) is 4.24. The molecule has 2 unspecified atom stereocenters. The number of fused-ring (bicyclic) bond motifs is 4. The van der Waals surface area contributed by atoms with Crippen molar-refractivity contribution in [1.29, 1.82) is 0 Å². The molecule has 3 heterocycles. The maximum atomic E-state index is 14.4. The third-order valence-electron chi connectivity index (χ3n) is 5.52. The van der Waals surface area contributed by atoms with Gasteiger partial charge in [-0.15, -0.1) is 0 Å². The van der Waals surface area contributed by atoms with Gasteiger partial charge in [-0.25, -0.2) is 13.2 Å². The first-order valence-corrected chi connectivity index (χ1v) is 8.88. The van der Waals surface area contributed by atoms with Gasteiger partial charge in [-0.2, -0.15) is 0 Å². The average Bonchev–Trinajstić information content (AvgIpc) is 2.78. The molecule has 1 aromatic carbocycles. The van der Waals surface area contributed by atoms with Crippen molar-refractivity contribution in [3.63, 3.8) is 0 Å². The summed E-state index contributed by atoms with van der Waals surface area (Å²) in [5.74, 6) is -3.24. The van der Waals surface area contributed by atoms with Crippen LogP contribution in [0.15, 0.2) is 47.8 Å². The van der Waals surface area contributed by atoms with E-state index in [1.54, 1.807) is 6.20 Å². The Hall–Kier alpha value is -2.54. The topological polar surface area (TPSA) is 49.6 Å². The maximum Gasteiger partial charge on any atom is 0.246 e. The van der Waals surface area contributed by atoms with E-state index in [2.05, 4.69) is 4.90 Å². The molecular weight excluding hydrogens is 355 g/mol. The highest BCUT2D eigenvalue weighted by Gasteiger charge is 2.45. The minimum atomic E-state index is -0.938. The number of benzene rings is 1. The standard InChI is InChI=1S/C20H20F3N3O/c21-14-7-17(22)16(18(23)8-14)9-20-5-1-2-6-25(12-20)11-15-4-3-13(19(24)27)10-26(15)20/h1-2,4,7-8,10H,3,5-6,9,11-12H2,(H2,24,27). The molecule has 0 saturated carbocycles. The molecule has 2 N–H and O–H groups in total. The lowest BCUT2D eigenvalue weighted by Crippen LogP contribution is -2.60. The van der Waals surface area contributed by atoms with Crippen LogP contribution < -0.4 is 5.73 Å². The van der Waals surface area contributed by atoms with Crippen LogP contribution in [0.2, 0.25) is 0 Å². The lowest BCUT2D eigenvalue weighted by atomic mass is 9.82. The second kappa shape index (κ2) is 6.56. The summed E-state index contributed by atoms with van der Waals surface area (Å²) in [6.07, 6.45) is 8.73. The molecule has 1 fully saturated rings. The Bertz CT molecular complexity index is 869. The number of rotatable bonds is 3. The normalized spacial score (nSPS) is 26.8. The number of hydrogen-bond acceptors (Lipinski definition) is 3. The summed E-state index contributed by atoms with van der Waals surface area (Å²) in [6, 6.07) is 1.42. The van der Waals surface area contributed by atoms with Gasteiger partial charge in [0.15, 0.2) is 0 Å². The number of primary amides is 1. The van der Waals surface area contributed by atoms with E-state index in [1.165, 1.54) is 0 Å². The fraction of sp³-hybridized carbons (Fsp3) is 0.350. The maximum absolute atomic E-state index is 14.4. The van der Waals surface area contributed by atoms with Gasteiger partial charge in [0.1, 0.15) is 17.5 Å². The van der Waals surface area contributed by atoms with Gasteiger partial charge < -0.3 is 10.6 Å². The Labute approximate surface area is 155 Å². The van der Waals surface area contributed by atoms with Crippen molar-refractivity contribution in [2.75, 3.05) is 19.6 Å². The highest BCUT2D eigenvalue weighted by Crippen LogP contribution is 2.39. The van der Waals surface area contributed by atoms with Crippen LogP contribution in [0.1, 0.15) is 18.4 Å². The minimum Gasteiger partial charge on any atom is -0.366 e. The fourth-order valence-electron chi connectivity index (χ4n) is 4.24. The Kier molecular flexibility index (Phi) is 4.34. The number of nitrogens with zero attached hydrogens (tertiary/aromatic N) is 2. The summed E-state index contributed by atoms with van der Waals surface area (Å²) in [5.41, 5.74) is 6.07. The number of carbonyl (C=O) groups is 1. The Morgan fingerprint density at radius 1 is 1.19 bits per heavy atom. The van der Waals surface area contributed by atoms with Crippen LogP contribution in [-0.4, -0.2) is 40.9 Å². The Morgan fingerprint density at radius 2 is 1.93 bits per heavy atom. The Morgan fingerprint density at radius 3 is 2.63 bits per heavy atom. The quantitative estimate of drug-likeness (QED) is 0.827. The first-order chi connectivity index (χ1) is 12.9. The lowest BCUT2D eigenvalue weighted by Gasteiger charge is -2.52. The van der Waals surface area contributed by atoms with E-state index in [0.717, 1.165) is 12.2 Å². The monoisotopic (exact) mass is 375 g/mol. The van der Waals surface area contributed by atoms with Gasteiger partial charge in [0, 0.05) is 61.2 Å². The van der Waals surface area contributed by atoms with Crippen LogP contribution in [0.5, 0.6) is 0 Å². The Balaban J connectivity index is 1.80. The molecule has 0 spiro atoms. The molecule has 1 aromatic rings. The van der Waals surface area contributed by atoms with Crippen LogP contribution in [0.3, 0.4) is 0 Å². The van der Waals surface area contributed by atoms with Crippen LogP contribution in [0.25, 0.3) is 0 Å². The van der Waals surface area contributed by atoms with E-state index in [1.807, 2.05) is 23.1 Å². The summed E-state index contributed by atoms with van der Waals surface area (Å²) in [7, 11) is 0. The zero-order valence-electron chi connectivity index (χ0n) is 14.7. The highest BCUT2D eigenvalue weighted by atomic mass is 19.1. The van der Waals surface area contributed by atoms with Gasteiger partial charge in [-0.1, -0.05) is 18.2 Å². The van der Waals surface area contributed by atoms with E-state index in [0.29, 0.717) is 43.6 Å². The van der Waals surface area contributed by atoms with Crippen molar-refractivity contribution in [2.45, 2.75) is 24.8 Å². The number of carbonyl (C=O) groups excluding carboxylic acids is 1. The SMILES string of the molecule is NC(=O)C1=CN2C(=CC1)CN1CC=CCC2(Cc2c(F)cc(F)cc2F)C1. The number of hydrogen-bond donors (Lipinski definition) is 1. The third kappa shape index (κ3) is 3.16. The molecule has 0 radical (unpaired) electrons. The summed E-state index contributed by atoms with van der Waals surface area (Å²) in [5, 5.41) is 0. The van der Waals surface area contributed by atoms with Crippen molar-refractivity contribution in [3.05, 3.63) is 70.8 Å². The molecule has 142 valence electrons. The predicted molar refractivity (Wildman–Crippen MR) is 94.8 cm³/mol. The number of piperazine rings is 1. The van der Waals surface area contributed by atoms with E-state index < -0.39 is 28.9 Å². The summed E-state index contributed by atoms with van der Waals surface area (Å²) in [6.45, 7) is 1.99. The molecule has 4 rings (SSSR count). The molecule has 1 amide bonds. The molecule has 27 heavy (non-hydrogen) atoms. The van der Waals surface area contributed by atoms with Crippen LogP contribution >= 0.6 is 0 Å². The lowest BCUT2D eigenvalue weighted by molar-refractivity contribution is -0.114. The van der Waals surface area contributed by atoms with Gasteiger partial charge in [0.2, 0.25) is 5.91 Å². The number of allylic oxidation sites excluding steroid dienone is 1. The number of amides is 1. The van der Waals surface area contributed by atoms with E-state index in [-0.39, 0.29) is 12.0 Å². The third-order valence-corrected chi connectivity index (χ3v) is 5.52. The molecule has 4 nitrogen and oxygen atoms in total. The van der Waals surface area contributed by atoms with Crippen molar-refractivity contribution in [1.82, 2.24) is 9.80 Å². The second-order valence-corrected chi connectivity index (χ2v) is 7.38. The second-order valence-electron chi connectivity index (χ2n) is 7.38. The zero-order valence-corrected chi connectivity index (χ0v) is 14.7. The molecule has 1 saturated heterocycles. The highest BCUT2D eigenvalue weighted by molar-refractivity contribution is 5.92. The van der Waals surface area contributed by atoms with Gasteiger partial charge in [0.25, 0.3) is 0 Å².